The van der Waals surface area contributed by atoms with Gasteiger partial charge in [0.15, 0.2) is 5.82 Å². The van der Waals surface area contributed by atoms with Crippen molar-refractivity contribution in [1.82, 2.24) is 19.9 Å². The Bertz CT molecular complexity index is 2820. The highest BCUT2D eigenvalue weighted by Gasteiger charge is 2.20. The van der Waals surface area contributed by atoms with E-state index in [0.717, 1.165) is 83.5 Å². The molecule has 4 nitrogen and oxygen atoms in total. The SMILES string of the molecule is Cc1ccc2ccc3c(-c4ccc(-c5cccc(-c6nc(-c7ccccc7)cc(-c7ccc(-c8ccccc8)cc7)n6)c5)cc4)cc(C(C)(C)C)nc3c2n1. The van der Waals surface area contributed by atoms with Crippen LogP contribution in [0.25, 0.3) is 89.1 Å². The molecule has 0 saturated carbocycles. The van der Waals surface area contributed by atoms with Gasteiger partial charge in [0.25, 0.3) is 0 Å². The number of fused-ring (bicyclic) bond motifs is 3. The van der Waals surface area contributed by atoms with E-state index in [1.165, 1.54) is 11.1 Å². The molecule has 3 heterocycles. The van der Waals surface area contributed by atoms with Gasteiger partial charge in [-0.05, 0) is 64.6 Å². The van der Waals surface area contributed by atoms with Gasteiger partial charge in [0.2, 0.25) is 0 Å². The van der Waals surface area contributed by atoms with Crippen molar-refractivity contribution in [2.75, 3.05) is 0 Å². The van der Waals surface area contributed by atoms with Crippen molar-refractivity contribution < 1.29 is 0 Å². The molecule has 0 unspecified atom stereocenters. The molecule has 0 radical (unpaired) electrons. The van der Waals surface area contributed by atoms with Gasteiger partial charge >= 0.3 is 0 Å². The van der Waals surface area contributed by atoms with Crippen LogP contribution in [0.5, 0.6) is 0 Å². The molecule has 0 aliphatic carbocycles. The Morgan fingerprint density at radius 1 is 0.382 bits per heavy atom. The van der Waals surface area contributed by atoms with Crippen molar-refractivity contribution in [2.24, 2.45) is 0 Å². The van der Waals surface area contributed by atoms with E-state index in [2.05, 4.69) is 178 Å². The largest absolute Gasteiger partial charge is 0.251 e. The number of nitrogens with zero attached hydrogens (tertiary/aromatic N) is 4. The van der Waals surface area contributed by atoms with E-state index >= 15 is 0 Å². The van der Waals surface area contributed by atoms with Gasteiger partial charge in [0, 0.05) is 44.3 Å². The van der Waals surface area contributed by atoms with Crippen molar-refractivity contribution in [3.05, 3.63) is 181 Å². The zero-order chi connectivity index (χ0) is 37.5. The first kappa shape index (κ1) is 34.0. The third-order valence-corrected chi connectivity index (χ3v) is 10.3. The van der Waals surface area contributed by atoms with Crippen LogP contribution in [0, 0.1) is 6.92 Å². The van der Waals surface area contributed by atoms with E-state index in [1.54, 1.807) is 0 Å². The summed E-state index contributed by atoms with van der Waals surface area (Å²) in [6.07, 6.45) is 0. The fourth-order valence-corrected chi connectivity index (χ4v) is 7.22. The lowest BCUT2D eigenvalue weighted by Gasteiger charge is -2.21. The van der Waals surface area contributed by atoms with Crippen molar-refractivity contribution in [2.45, 2.75) is 33.1 Å². The maximum Gasteiger partial charge on any atom is 0.160 e. The van der Waals surface area contributed by atoms with Gasteiger partial charge in [-0.2, -0.15) is 0 Å². The standard InChI is InChI=1S/C51H40N4/c1-33-18-19-40-28-29-43-44(31-47(51(2,3)4)55-49(43)48(40)52-33)37-24-20-36(21-25-37)41-16-11-17-42(30-41)50-53-45(38-14-9-6-10-15-38)32-46(54-50)39-26-22-35(23-27-39)34-12-7-5-8-13-34/h5-32H,1-4H3. The topological polar surface area (TPSA) is 51.6 Å². The predicted octanol–water partition coefficient (Wildman–Crippen LogP) is 13.2. The molecule has 0 aliphatic rings. The number of hydrogen-bond acceptors (Lipinski definition) is 4. The minimum absolute atomic E-state index is 0.124. The van der Waals surface area contributed by atoms with Gasteiger partial charge in [0.1, 0.15) is 0 Å². The summed E-state index contributed by atoms with van der Waals surface area (Å²) in [6, 6.07) is 59.7. The zero-order valence-corrected chi connectivity index (χ0v) is 31.5. The van der Waals surface area contributed by atoms with Crippen LogP contribution in [0.3, 0.4) is 0 Å². The Labute approximate surface area is 322 Å². The van der Waals surface area contributed by atoms with Crippen LogP contribution in [0.2, 0.25) is 0 Å². The van der Waals surface area contributed by atoms with Crippen molar-refractivity contribution in [3.63, 3.8) is 0 Å². The first-order valence-corrected chi connectivity index (χ1v) is 18.8. The third kappa shape index (κ3) is 6.79. The van der Waals surface area contributed by atoms with Crippen LogP contribution >= 0.6 is 0 Å². The summed E-state index contributed by atoms with van der Waals surface area (Å²) in [5.74, 6) is 0.691. The van der Waals surface area contributed by atoms with Crippen molar-refractivity contribution in [1.29, 1.82) is 0 Å². The third-order valence-electron chi connectivity index (χ3n) is 10.3. The number of rotatable bonds is 6. The fraction of sp³-hybridized carbons (Fsp3) is 0.0980. The summed E-state index contributed by atoms with van der Waals surface area (Å²) in [7, 11) is 0. The normalized spacial score (nSPS) is 11.6. The minimum Gasteiger partial charge on any atom is -0.251 e. The van der Waals surface area contributed by atoms with E-state index in [1.807, 2.05) is 19.1 Å². The first-order chi connectivity index (χ1) is 26.8. The fourth-order valence-electron chi connectivity index (χ4n) is 7.22. The molecule has 0 amide bonds. The molecule has 55 heavy (non-hydrogen) atoms. The smallest absolute Gasteiger partial charge is 0.160 e. The van der Waals surface area contributed by atoms with E-state index in [9.17, 15) is 0 Å². The Balaban J connectivity index is 1.10. The molecule has 0 fully saturated rings. The predicted molar refractivity (Wildman–Crippen MR) is 229 cm³/mol. The Kier molecular flexibility index (Phi) is 8.59. The molecule has 9 aromatic rings. The average molecular weight is 709 g/mol. The average Bonchev–Trinajstić information content (AvgIpc) is 3.23. The first-order valence-electron chi connectivity index (χ1n) is 18.8. The molecule has 264 valence electrons. The van der Waals surface area contributed by atoms with Crippen molar-refractivity contribution >= 4 is 21.8 Å². The maximum atomic E-state index is 5.20. The van der Waals surface area contributed by atoms with Crippen LogP contribution in [0.4, 0.5) is 0 Å². The number of aryl methyl sites for hydroxylation is 1. The second-order valence-corrected chi connectivity index (χ2v) is 15.2. The van der Waals surface area contributed by atoms with Gasteiger partial charge < -0.3 is 0 Å². The van der Waals surface area contributed by atoms with Crippen LogP contribution in [-0.2, 0) is 5.41 Å². The molecule has 0 spiro atoms. The second-order valence-electron chi connectivity index (χ2n) is 15.2. The van der Waals surface area contributed by atoms with E-state index in [0.29, 0.717) is 5.82 Å². The number of hydrogen-bond donors (Lipinski definition) is 0. The van der Waals surface area contributed by atoms with Gasteiger partial charge in [-0.3, -0.25) is 4.98 Å². The Morgan fingerprint density at radius 2 is 0.909 bits per heavy atom. The van der Waals surface area contributed by atoms with Gasteiger partial charge in [-0.25, -0.2) is 15.0 Å². The van der Waals surface area contributed by atoms with Gasteiger partial charge in [-0.1, -0.05) is 166 Å². The lowest BCUT2D eigenvalue weighted by molar-refractivity contribution is 0.572. The lowest BCUT2D eigenvalue weighted by atomic mass is 9.88. The second kappa shape index (κ2) is 13.9. The summed E-state index contributed by atoms with van der Waals surface area (Å²) in [6.45, 7) is 8.69. The summed E-state index contributed by atoms with van der Waals surface area (Å²) in [5.41, 5.74) is 15.5. The quantitative estimate of drug-likeness (QED) is 0.161. The number of benzene rings is 6. The molecular formula is C51H40N4. The highest BCUT2D eigenvalue weighted by molar-refractivity contribution is 6.08. The molecule has 0 atom stereocenters. The molecule has 9 rings (SSSR count). The summed E-state index contributed by atoms with van der Waals surface area (Å²) < 4.78 is 0. The van der Waals surface area contributed by atoms with Gasteiger partial charge in [0.05, 0.1) is 22.4 Å². The van der Waals surface area contributed by atoms with E-state index in [-0.39, 0.29) is 5.41 Å². The maximum absolute atomic E-state index is 5.20. The van der Waals surface area contributed by atoms with Gasteiger partial charge in [-0.15, -0.1) is 0 Å². The summed E-state index contributed by atoms with van der Waals surface area (Å²) in [5, 5.41) is 2.21. The van der Waals surface area contributed by atoms with Crippen molar-refractivity contribution in [3.8, 4) is 67.3 Å². The molecular weight excluding hydrogens is 669 g/mol. The number of aromatic nitrogens is 4. The number of pyridine rings is 2. The highest BCUT2D eigenvalue weighted by Crippen LogP contribution is 2.37. The highest BCUT2D eigenvalue weighted by atomic mass is 14.9. The van der Waals surface area contributed by atoms with E-state index in [4.69, 9.17) is 19.9 Å². The Morgan fingerprint density at radius 3 is 1.58 bits per heavy atom. The van der Waals surface area contributed by atoms with E-state index < -0.39 is 0 Å². The van der Waals surface area contributed by atoms with Crippen LogP contribution in [0.15, 0.2) is 170 Å². The Hall–Kier alpha value is -6.78. The molecule has 3 aromatic heterocycles. The molecule has 0 aliphatic heterocycles. The molecule has 4 heteroatoms. The minimum atomic E-state index is -0.124. The van der Waals surface area contributed by atoms with Crippen LogP contribution in [-0.4, -0.2) is 19.9 Å². The molecule has 0 N–H and O–H groups in total. The molecule has 6 aromatic carbocycles. The molecule has 0 bridgehead atoms. The molecule has 0 saturated heterocycles. The summed E-state index contributed by atoms with van der Waals surface area (Å²) in [4.78, 5) is 20.4. The lowest BCUT2D eigenvalue weighted by Crippen LogP contribution is -2.14. The zero-order valence-electron chi connectivity index (χ0n) is 31.5. The monoisotopic (exact) mass is 708 g/mol. The van der Waals surface area contributed by atoms with Crippen LogP contribution < -0.4 is 0 Å². The summed E-state index contributed by atoms with van der Waals surface area (Å²) >= 11 is 0. The van der Waals surface area contributed by atoms with Crippen LogP contribution in [0.1, 0.15) is 32.2 Å².